The monoisotopic (exact) mass is 327 g/mol. The Kier molecular flexibility index (Phi) is 4.96. The van der Waals surface area contributed by atoms with Crippen molar-refractivity contribution in [2.75, 3.05) is 19.8 Å². The van der Waals surface area contributed by atoms with Crippen LogP contribution in [0, 0.1) is 0 Å². The number of halogens is 1. The van der Waals surface area contributed by atoms with Gasteiger partial charge in [0.25, 0.3) is 0 Å². The average Bonchev–Trinajstić information content (AvgIpc) is 2.38. The number of morpholine rings is 1. The molecule has 0 saturated carbocycles. The predicted octanol–water partition coefficient (Wildman–Crippen LogP) is 2.69. The number of carbonyl (C=O) groups is 1. The lowest BCUT2D eigenvalue weighted by Gasteiger charge is -2.39. The molecule has 1 aliphatic heterocycles. The summed E-state index contributed by atoms with van der Waals surface area (Å²) < 4.78 is 6.47. The standard InChI is InChI=1S/C14H18BrNO3/c1-10(12-4-2-3-5-13(12)15)16-6-7-19-9-11(16)8-14(17)18/h2-5,10-11H,6-9H2,1H3,(H,17,18). The van der Waals surface area contributed by atoms with Crippen LogP contribution in [-0.4, -0.2) is 41.8 Å². The van der Waals surface area contributed by atoms with Crippen LogP contribution in [0.25, 0.3) is 0 Å². The largest absolute Gasteiger partial charge is 0.481 e. The first kappa shape index (κ1) is 14.5. The van der Waals surface area contributed by atoms with Crippen LogP contribution in [0.3, 0.4) is 0 Å². The zero-order chi connectivity index (χ0) is 13.8. The third kappa shape index (κ3) is 3.55. The van der Waals surface area contributed by atoms with Gasteiger partial charge in [-0.05, 0) is 18.6 Å². The Morgan fingerprint density at radius 3 is 3.00 bits per heavy atom. The Morgan fingerprint density at radius 1 is 1.58 bits per heavy atom. The molecule has 0 aliphatic carbocycles. The van der Waals surface area contributed by atoms with Gasteiger partial charge in [-0.2, -0.15) is 0 Å². The first-order valence-corrected chi connectivity index (χ1v) is 7.18. The molecule has 1 N–H and O–H groups in total. The van der Waals surface area contributed by atoms with Crippen molar-refractivity contribution in [3.05, 3.63) is 34.3 Å². The topological polar surface area (TPSA) is 49.8 Å². The van der Waals surface area contributed by atoms with Crippen molar-refractivity contribution in [3.63, 3.8) is 0 Å². The molecule has 0 spiro atoms. The lowest BCUT2D eigenvalue weighted by atomic mass is 10.0. The fourth-order valence-corrected chi connectivity index (χ4v) is 3.16. The summed E-state index contributed by atoms with van der Waals surface area (Å²) in [6, 6.07) is 8.18. The third-order valence-corrected chi connectivity index (χ3v) is 4.26. The second kappa shape index (κ2) is 6.50. The molecule has 1 aromatic rings. The number of carboxylic acids is 1. The Hall–Kier alpha value is -0.910. The number of nitrogens with zero attached hydrogens (tertiary/aromatic N) is 1. The number of hydrogen-bond acceptors (Lipinski definition) is 3. The maximum absolute atomic E-state index is 10.9. The van der Waals surface area contributed by atoms with E-state index in [2.05, 4.69) is 33.8 Å². The molecule has 2 atom stereocenters. The van der Waals surface area contributed by atoms with Crippen molar-refractivity contribution >= 4 is 21.9 Å². The maximum Gasteiger partial charge on any atom is 0.305 e. The molecule has 19 heavy (non-hydrogen) atoms. The molecule has 1 heterocycles. The lowest BCUT2D eigenvalue weighted by molar-refractivity contribution is -0.140. The maximum atomic E-state index is 10.9. The third-order valence-electron chi connectivity index (χ3n) is 3.54. The van der Waals surface area contributed by atoms with Gasteiger partial charge in [0.15, 0.2) is 0 Å². The minimum absolute atomic E-state index is 0.0617. The van der Waals surface area contributed by atoms with Crippen LogP contribution in [0.5, 0.6) is 0 Å². The van der Waals surface area contributed by atoms with Gasteiger partial charge in [0.05, 0.1) is 19.6 Å². The molecule has 2 rings (SSSR count). The van der Waals surface area contributed by atoms with Gasteiger partial charge in [-0.1, -0.05) is 34.1 Å². The second-order valence-electron chi connectivity index (χ2n) is 4.76. The Morgan fingerprint density at radius 2 is 2.32 bits per heavy atom. The molecule has 1 saturated heterocycles. The zero-order valence-electron chi connectivity index (χ0n) is 10.9. The molecule has 1 aliphatic rings. The van der Waals surface area contributed by atoms with Crippen molar-refractivity contribution in [1.82, 2.24) is 4.90 Å². The van der Waals surface area contributed by atoms with Gasteiger partial charge in [0.2, 0.25) is 0 Å². The number of benzene rings is 1. The minimum atomic E-state index is -0.778. The molecule has 0 aromatic heterocycles. The zero-order valence-corrected chi connectivity index (χ0v) is 12.5. The highest BCUT2D eigenvalue weighted by Gasteiger charge is 2.30. The molecule has 1 fully saturated rings. The molecule has 0 radical (unpaired) electrons. The number of rotatable bonds is 4. The average molecular weight is 328 g/mol. The Balaban J connectivity index is 2.17. The molecule has 2 unspecified atom stereocenters. The first-order valence-electron chi connectivity index (χ1n) is 6.39. The second-order valence-corrected chi connectivity index (χ2v) is 5.62. The Labute approximate surface area is 121 Å². The van der Waals surface area contributed by atoms with Crippen LogP contribution in [-0.2, 0) is 9.53 Å². The van der Waals surface area contributed by atoms with E-state index in [1.807, 2.05) is 18.2 Å². The molecule has 4 nitrogen and oxygen atoms in total. The molecule has 5 heteroatoms. The number of hydrogen-bond donors (Lipinski definition) is 1. The van der Waals surface area contributed by atoms with E-state index in [1.54, 1.807) is 0 Å². The normalized spacial score (nSPS) is 22.1. The summed E-state index contributed by atoms with van der Waals surface area (Å²) in [5, 5.41) is 9.00. The van der Waals surface area contributed by atoms with Crippen LogP contribution in [0.1, 0.15) is 24.9 Å². The molecular formula is C14H18BrNO3. The highest BCUT2D eigenvalue weighted by molar-refractivity contribution is 9.10. The highest BCUT2D eigenvalue weighted by atomic mass is 79.9. The minimum Gasteiger partial charge on any atom is -0.481 e. The van der Waals surface area contributed by atoms with Crippen molar-refractivity contribution < 1.29 is 14.6 Å². The quantitative estimate of drug-likeness (QED) is 0.923. The van der Waals surface area contributed by atoms with Gasteiger partial charge in [-0.3, -0.25) is 9.69 Å². The summed E-state index contributed by atoms with van der Waals surface area (Å²) in [6.45, 7) is 4.02. The lowest BCUT2D eigenvalue weighted by Crippen LogP contribution is -2.47. The summed E-state index contributed by atoms with van der Waals surface area (Å²) >= 11 is 3.56. The van der Waals surface area contributed by atoms with Crippen molar-refractivity contribution in [3.8, 4) is 0 Å². The Bertz CT molecular complexity index is 452. The fourth-order valence-electron chi connectivity index (χ4n) is 2.55. The first-order chi connectivity index (χ1) is 9.09. The van der Waals surface area contributed by atoms with Gasteiger partial charge in [-0.25, -0.2) is 0 Å². The smallest absolute Gasteiger partial charge is 0.305 e. The van der Waals surface area contributed by atoms with E-state index in [1.165, 1.54) is 5.56 Å². The molecule has 104 valence electrons. The van der Waals surface area contributed by atoms with Crippen LogP contribution in [0.15, 0.2) is 28.7 Å². The van der Waals surface area contributed by atoms with E-state index >= 15 is 0 Å². The van der Waals surface area contributed by atoms with Gasteiger partial charge in [-0.15, -0.1) is 0 Å². The van der Waals surface area contributed by atoms with Crippen LogP contribution in [0.4, 0.5) is 0 Å². The molecule has 0 amide bonds. The van der Waals surface area contributed by atoms with Gasteiger partial charge >= 0.3 is 5.97 Å². The van der Waals surface area contributed by atoms with E-state index < -0.39 is 5.97 Å². The van der Waals surface area contributed by atoms with Crippen molar-refractivity contribution in [1.29, 1.82) is 0 Å². The van der Waals surface area contributed by atoms with E-state index in [0.717, 1.165) is 11.0 Å². The van der Waals surface area contributed by atoms with Gasteiger partial charge in [0, 0.05) is 23.1 Å². The highest BCUT2D eigenvalue weighted by Crippen LogP contribution is 2.30. The summed E-state index contributed by atoms with van der Waals surface area (Å²) in [5.41, 5.74) is 1.18. The summed E-state index contributed by atoms with van der Waals surface area (Å²) in [6.07, 6.45) is 0.120. The molecular weight excluding hydrogens is 310 g/mol. The van der Waals surface area contributed by atoms with Crippen molar-refractivity contribution in [2.45, 2.75) is 25.4 Å². The van der Waals surface area contributed by atoms with Crippen LogP contribution in [0.2, 0.25) is 0 Å². The van der Waals surface area contributed by atoms with Crippen LogP contribution < -0.4 is 0 Å². The van der Waals surface area contributed by atoms with E-state index in [-0.39, 0.29) is 18.5 Å². The predicted molar refractivity (Wildman–Crippen MR) is 76.1 cm³/mol. The van der Waals surface area contributed by atoms with E-state index in [9.17, 15) is 4.79 Å². The number of ether oxygens (including phenoxy) is 1. The van der Waals surface area contributed by atoms with E-state index in [0.29, 0.717) is 13.2 Å². The summed E-state index contributed by atoms with van der Waals surface area (Å²) in [5.74, 6) is -0.778. The number of carboxylic acid groups (broad SMARTS) is 1. The SMILES string of the molecule is CC(c1ccccc1Br)N1CCOCC1CC(=O)O. The summed E-state index contributed by atoms with van der Waals surface area (Å²) in [4.78, 5) is 13.2. The van der Waals surface area contributed by atoms with Gasteiger partial charge in [0.1, 0.15) is 0 Å². The molecule has 1 aromatic carbocycles. The molecule has 0 bridgehead atoms. The number of aliphatic carboxylic acids is 1. The van der Waals surface area contributed by atoms with E-state index in [4.69, 9.17) is 9.84 Å². The van der Waals surface area contributed by atoms with Crippen LogP contribution >= 0.6 is 15.9 Å². The fraction of sp³-hybridized carbons (Fsp3) is 0.500. The van der Waals surface area contributed by atoms with Gasteiger partial charge < -0.3 is 9.84 Å². The summed E-state index contributed by atoms with van der Waals surface area (Å²) in [7, 11) is 0. The van der Waals surface area contributed by atoms with Crippen molar-refractivity contribution in [2.24, 2.45) is 0 Å².